The number of hydrogen-bond acceptors (Lipinski definition) is 5. The van der Waals surface area contributed by atoms with E-state index in [9.17, 15) is 23.3 Å². The number of nitrogens with zero attached hydrogens (tertiary/aromatic N) is 2. The van der Waals surface area contributed by atoms with E-state index in [0.29, 0.717) is 8.78 Å². The summed E-state index contributed by atoms with van der Waals surface area (Å²) in [7, 11) is -4.45. The van der Waals surface area contributed by atoms with Crippen LogP contribution in [0.3, 0.4) is 0 Å². The number of halogens is 1. The van der Waals surface area contributed by atoms with Crippen molar-refractivity contribution in [3.8, 4) is 0 Å². The maximum absolute atomic E-state index is 12.8. The Kier molecular flexibility index (Phi) is 5.20. The van der Waals surface area contributed by atoms with Crippen LogP contribution in [0.1, 0.15) is 0 Å². The quantitative estimate of drug-likeness (QED) is 0.573. The van der Waals surface area contributed by atoms with Gasteiger partial charge in [-0.15, -0.1) is 0 Å². The second-order valence-corrected chi connectivity index (χ2v) is 7.36. The van der Waals surface area contributed by atoms with Gasteiger partial charge in [0.1, 0.15) is 6.54 Å². The molecule has 2 aromatic carbocycles. The molecule has 2 aromatic rings. The third-order valence-electron chi connectivity index (χ3n) is 3.01. The monoisotopic (exact) mass is 414 g/mol. The van der Waals surface area contributed by atoms with Gasteiger partial charge in [-0.25, -0.2) is 8.42 Å². The van der Waals surface area contributed by atoms with Crippen LogP contribution in [-0.2, 0) is 14.8 Å². The van der Waals surface area contributed by atoms with E-state index in [4.69, 9.17) is 5.11 Å². The third kappa shape index (κ3) is 3.71. The zero-order valence-electron chi connectivity index (χ0n) is 12.0. The predicted molar refractivity (Wildman–Crippen MR) is 89.4 cm³/mol. The topological polar surface area (TPSA) is 118 Å². The van der Waals surface area contributed by atoms with Crippen molar-refractivity contribution >= 4 is 43.3 Å². The molecule has 0 spiro atoms. The fourth-order valence-corrected chi connectivity index (χ4v) is 3.97. The highest BCUT2D eigenvalue weighted by molar-refractivity contribution is 9.10. The molecule has 2 rings (SSSR count). The van der Waals surface area contributed by atoms with Gasteiger partial charge in [0.05, 0.1) is 10.6 Å². The number of carboxylic acid groups (broad SMARTS) is 1. The Hall–Kier alpha value is -2.46. The highest BCUT2D eigenvalue weighted by Crippen LogP contribution is 2.30. The lowest BCUT2D eigenvalue weighted by Gasteiger charge is -2.22. The SMILES string of the molecule is O=C(O)CN(c1cccc(Br)c1)S(=O)(=O)c1ccccc1[N+](=O)[O-]. The molecule has 0 bridgehead atoms. The van der Waals surface area contributed by atoms with Crippen LogP contribution in [0.15, 0.2) is 57.9 Å². The van der Waals surface area contributed by atoms with Gasteiger partial charge in [-0.3, -0.25) is 19.2 Å². The molecule has 24 heavy (non-hydrogen) atoms. The van der Waals surface area contributed by atoms with Crippen LogP contribution in [-0.4, -0.2) is 31.0 Å². The highest BCUT2D eigenvalue weighted by atomic mass is 79.9. The Labute approximate surface area is 145 Å². The van der Waals surface area contributed by atoms with Gasteiger partial charge < -0.3 is 5.11 Å². The summed E-state index contributed by atoms with van der Waals surface area (Å²) in [5.41, 5.74) is -0.548. The Morgan fingerprint density at radius 1 is 1.21 bits per heavy atom. The molecular weight excluding hydrogens is 404 g/mol. The Morgan fingerprint density at radius 2 is 1.88 bits per heavy atom. The molecule has 0 aliphatic rings. The summed E-state index contributed by atoms with van der Waals surface area (Å²) < 4.78 is 26.8. The third-order valence-corrected chi connectivity index (χ3v) is 5.32. The van der Waals surface area contributed by atoms with Crippen molar-refractivity contribution < 1.29 is 23.2 Å². The summed E-state index contributed by atoms with van der Waals surface area (Å²) in [6, 6.07) is 10.8. The molecule has 10 heteroatoms. The average Bonchev–Trinajstić information content (AvgIpc) is 2.52. The summed E-state index contributed by atoms with van der Waals surface area (Å²) in [5, 5.41) is 20.2. The molecule has 0 unspecified atom stereocenters. The Bertz CT molecular complexity index is 900. The van der Waals surface area contributed by atoms with Crippen LogP contribution in [0.4, 0.5) is 11.4 Å². The first-order valence-corrected chi connectivity index (χ1v) is 8.70. The van der Waals surface area contributed by atoms with Gasteiger partial charge in [0, 0.05) is 10.5 Å². The number of nitro benzene ring substituents is 1. The van der Waals surface area contributed by atoms with Gasteiger partial charge in [-0.2, -0.15) is 0 Å². The zero-order chi connectivity index (χ0) is 17.9. The number of para-hydroxylation sites is 1. The number of carbonyl (C=O) groups is 1. The van der Waals surface area contributed by atoms with Crippen molar-refractivity contribution in [1.82, 2.24) is 0 Å². The summed E-state index contributed by atoms with van der Waals surface area (Å²) in [5.74, 6) is -1.39. The molecule has 0 fully saturated rings. The van der Waals surface area contributed by atoms with Crippen LogP contribution in [0.2, 0.25) is 0 Å². The standard InChI is InChI=1S/C14H11BrN2O6S/c15-10-4-3-5-11(8-10)16(9-14(18)19)24(22,23)13-7-2-1-6-12(13)17(20)21/h1-8H,9H2,(H,18,19). The van der Waals surface area contributed by atoms with E-state index in [1.165, 1.54) is 30.3 Å². The van der Waals surface area contributed by atoms with Gasteiger partial charge in [-0.1, -0.05) is 34.1 Å². The highest BCUT2D eigenvalue weighted by Gasteiger charge is 2.33. The van der Waals surface area contributed by atoms with Gasteiger partial charge in [0.25, 0.3) is 15.7 Å². The van der Waals surface area contributed by atoms with Crippen molar-refractivity contribution in [1.29, 1.82) is 0 Å². The first-order valence-electron chi connectivity index (χ1n) is 6.47. The molecular formula is C14H11BrN2O6S. The first-order chi connectivity index (χ1) is 11.2. The maximum Gasteiger partial charge on any atom is 0.324 e. The molecule has 0 atom stereocenters. The number of carboxylic acids is 1. The van der Waals surface area contributed by atoms with E-state index in [1.807, 2.05) is 0 Å². The molecule has 126 valence electrons. The molecule has 0 radical (unpaired) electrons. The normalized spacial score (nSPS) is 11.0. The van der Waals surface area contributed by atoms with E-state index in [1.54, 1.807) is 6.07 Å². The number of anilines is 1. The molecule has 0 saturated heterocycles. The van der Waals surface area contributed by atoms with Crippen LogP contribution in [0.5, 0.6) is 0 Å². The fraction of sp³-hybridized carbons (Fsp3) is 0.0714. The van der Waals surface area contributed by atoms with Crippen LogP contribution < -0.4 is 4.31 Å². The van der Waals surface area contributed by atoms with E-state index in [0.717, 1.165) is 12.1 Å². The fourth-order valence-electron chi connectivity index (χ4n) is 2.01. The Morgan fingerprint density at radius 3 is 2.46 bits per heavy atom. The lowest BCUT2D eigenvalue weighted by Crippen LogP contribution is -2.36. The molecule has 8 nitrogen and oxygen atoms in total. The zero-order valence-corrected chi connectivity index (χ0v) is 14.4. The van der Waals surface area contributed by atoms with Crippen molar-refractivity contribution in [2.45, 2.75) is 4.90 Å². The van der Waals surface area contributed by atoms with E-state index >= 15 is 0 Å². The minimum Gasteiger partial charge on any atom is -0.480 e. The van der Waals surface area contributed by atoms with E-state index in [2.05, 4.69) is 15.9 Å². The van der Waals surface area contributed by atoms with Gasteiger partial charge >= 0.3 is 5.97 Å². The van der Waals surface area contributed by atoms with Gasteiger partial charge in [0.15, 0.2) is 4.90 Å². The number of benzene rings is 2. The lowest BCUT2D eigenvalue weighted by atomic mass is 10.3. The average molecular weight is 415 g/mol. The molecule has 0 amide bonds. The minimum absolute atomic E-state index is 0.0740. The van der Waals surface area contributed by atoms with Crippen LogP contribution >= 0.6 is 15.9 Å². The summed E-state index contributed by atoms with van der Waals surface area (Å²) >= 11 is 3.18. The molecule has 0 aliphatic heterocycles. The van der Waals surface area contributed by atoms with Crippen LogP contribution in [0.25, 0.3) is 0 Å². The second kappa shape index (κ2) is 6.97. The number of hydrogen-bond donors (Lipinski definition) is 1. The number of sulfonamides is 1. The van der Waals surface area contributed by atoms with Crippen molar-refractivity contribution in [2.75, 3.05) is 10.8 Å². The van der Waals surface area contributed by atoms with E-state index in [-0.39, 0.29) is 5.69 Å². The summed E-state index contributed by atoms with van der Waals surface area (Å²) in [6.07, 6.45) is 0. The van der Waals surface area contributed by atoms with Gasteiger partial charge in [0.2, 0.25) is 0 Å². The predicted octanol–water partition coefficient (Wildman–Crippen LogP) is 2.64. The second-order valence-electron chi connectivity index (χ2n) is 4.61. The molecule has 1 N–H and O–H groups in total. The number of rotatable bonds is 6. The molecule has 0 saturated carbocycles. The number of aliphatic carboxylic acids is 1. The smallest absolute Gasteiger partial charge is 0.324 e. The minimum atomic E-state index is -4.45. The lowest BCUT2D eigenvalue weighted by molar-refractivity contribution is -0.387. The van der Waals surface area contributed by atoms with Crippen molar-refractivity contribution in [2.24, 2.45) is 0 Å². The van der Waals surface area contributed by atoms with E-state index < -0.39 is 38.0 Å². The van der Waals surface area contributed by atoms with Crippen molar-refractivity contribution in [3.05, 3.63) is 63.1 Å². The first kappa shape index (κ1) is 17.9. The summed E-state index contributed by atoms with van der Waals surface area (Å²) in [6.45, 7) is -0.870. The number of nitro groups is 1. The van der Waals surface area contributed by atoms with Crippen LogP contribution in [0, 0.1) is 10.1 Å². The summed E-state index contributed by atoms with van der Waals surface area (Å²) in [4.78, 5) is 20.8. The largest absolute Gasteiger partial charge is 0.480 e. The van der Waals surface area contributed by atoms with Gasteiger partial charge in [-0.05, 0) is 24.3 Å². The Balaban J connectivity index is 2.65. The molecule has 0 heterocycles. The van der Waals surface area contributed by atoms with Crippen molar-refractivity contribution in [3.63, 3.8) is 0 Å². The molecule has 0 aliphatic carbocycles. The maximum atomic E-state index is 12.8. The molecule has 0 aromatic heterocycles.